The number of rotatable bonds is 7. The van der Waals surface area contributed by atoms with Crippen LogP contribution in [-0.2, 0) is 9.84 Å². The first-order chi connectivity index (χ1) is 15.8. The summed E-state index contributed by atoms with van der Waals surface area (Å²) in [5, 5.41) is 9.06. The number of aliphatic hydroxyl groups excluding tert-OH is 1. The number of carbonyl (C=O) groups excluding carboxylic acids is 1. The maximum absolute atomic E-state index is 13.4. The minimum Gasteiger partial charge on any atom is -0.395 e. The molecule has 2 aromatic heterocycles. The number of sulfone groups is 1. The van der Waals surface area contributed by atoms with Crippen LogP contribution >= 0.6 is 0 Å². The van der Waals surface area contributed by atoms with E-state index in [4.69, 9.17) is 0 Å². The van der Waals surface area contributed by atoms with Gasteiger partial charge in [-0.15, -0.1) is 0 Å². The largest absolute Gasteiger partial charge is 0.395 e. The van der Waals surface area contributed by atoms with Gasteiger partial charge in [-0.05, 0) is 38.8 Å². The molecular formula is C24H30N4O4S. The number of carbonyl (C=O) groups is 1. The van der Waals surface area contributed by atoms with Gasteiger partial charge in [0.1, 0.15) is 5.52 Å². The summed E-state index contributed by atoms with van der Waals surface area (Å²) >= 11 is 0. The van der Waals surface area contributed by atoms with Crippen molar-refractivity contribution in [1.29, 1.82) is 0 Å². The third kappa shape index (κ3) is 4.65. The monoisotopic (exact) mass is 470 g/mol. The summed E-state index contributed by atoms with van der Waals surface area (Å²) in [4.78, 5) is 27.6. The van der Waals surface area contributed by atoms with Crippen molar-refractivity contribution < 1.29 is 18.3 Å². The molecule has 0 radical (unpaired) electrons. The fourth-order valence-corrected chi connectivity index (χ4v) is 5.45. The molecule has 9 heteroatoms. The highest BCUT2D eigenvalue weighted by Gasteiger charge is 2.28. The van der Waals surface area contributed by atoms with Crippen molar-refractivity contribution in [2.75, 3.05) is 13.2 Å². The zero-order chi connectivity index (χ0) is 23.6. The van der Waals surface area contributed by atoms with E-state index in [0.29, 0.717) is 28.0 Å². The molecule has 0 spiro atoms. The van der Waals surface area contributed by atoms with Crippen LogP contribution in [0, 0.1) is 0 Å². The second-order valence-corrected chi connectivity index (χ2v) is 11.3. The van der Waals surface area contributed by atoms with Crippen LogP contribution in [0.4, 0.5) is 0 Å². The molecule has 1 aliphatic carbocycles. The minimum atomic E-state index is -3.36. The highest BCUT2D eigenvalue weighted by molar-refractivity contribution is 7.92. The van der Waals surface area contributed by atoms with Gasteiger partial charge in [-0.1, -0.05) is 31.4 Å². The molecule has 8 nitrogen and oxygen atoms in total. The number of fused-ring (bicyclic) bond motifs is 1. The molecule has 2 N–H and O–H groups in total. The standard InChI is InChI=1S/C24H30N4O4S/c1-16(2)33(31,32)19-10-8-17(9-11-19)21-15-26-23-22(27-21)20(14-25-23)24(30)28(12-13-29)18-6-4-3-5-7-18/h8-11,14-16,18,29H,3-7,12-13H2,1-2H3,(H,25,26). The zero-order valence-electron chi connectivity index (χ0n) is 19.0. The Labute approximate surface area is 194 Å². The van der Waals surface area contributed by atoms with Crippen molar-refractivity contribution in [3.63, 3.8) is 0 Å². The fraction of sp³-hybridized carbons (Fsp3) is 0.458. The first kappa shape index (κ1) is 23.4. The van der Waals surface area contributed by atoms with Crippen LogP contribution < -0.4 is 0 Å². The van der Waals surface area contributed by atoms with Gasteiger partial charge in [-0.3, -0.25) is 4.79 Å². The molecule has 0 saturated heterocycles. The van der Waals surface area contributed by atoms with Gasteiger partial charge in [-0.25, -0.2) is 18.4 Å². The van der Waals surface area contributed by atoms with E-state index in [0.717, 1.165) is 25.7 Å². The quantitative estimate of drug-likeness (QED) is 0.545. The molecule has 1 saturated carbocycles. The third-order valence-electron chi connectivity index (χ3n) is 6.33. The SMILES string of the molecule is CC(C)S(=O)(=O)c1ccc(-c2cnc3[nH]cc(C(=O)N(CCO)C4CCCCC4)c3n2)cc1. The van der Waals surface area contributed by atoms with Gasteiger partial charge in [0.2, 0.25) is 0 Å². The third-order valence-corrected chi connectivity index (χ3v) is 8.50. The predicted octanol–water partition coefficient (Wildman–Crippen LogP) is 3.57. The minimum absolute atomic E-state index is 0.0901. The van der Waals surface area contributed by atoms with Gasteiger partial charge >= 0.3 is 0 Å². The lowest BCUT2D eigenvalue weighted by Crippen LogP contribution is -2.43. The lowest BCUT2D eigenvalue weighted by Gasteiger charge is -2.33. The first-order valence-electron chi connectivity index (χ1n) is 11.4. The maximum atomic E-state index is 13.4. The second kappa shape index (κ2) is 9.61. The summed E-state index contributed by atoms with van der Waals surface area (Å²) in [5.74, 6) is -0.160. The van der Waals surface area contributed by atoms with Gasteiger partial charge in [0.25, 0.3) is 5.91 Å². The number of nitrogens with zero attached hydrogens (tertiary/aromatic N) is 3. The van der Waals surface area contributed by atoms with Crippen molar-refractivity contribution in [3.05, 3.63) is 42.2 Å². The Hall–Kier alpha value is -2.78. The van der Waals surface area contributed by atoms with Crippen LogP contribution in [0.5, 0.6) is 0 Å². The molecule has 176 valence electrons. The molecule has 1 amide bonds. The average molecular weight is 471 g/mol. The van der Waals surface area contributed by atoms with Crippen molar-refractivity contribution >= 4 is 26.9 Å². The number of aliphatic hydroxyl groups is 1. The van der Waals surface area contributed by atoms with Crippen molar-refractivity contribution in [3.8, 4) is 11.3 Å². The van der Waals surface area contributed by atoms with Crippen molar-refractivity contribution in [2.24, 2.45) is 0 Å². The highest BCUT2D eigenvalue weighted by atomic mass is 32.2. The molecule has 1 aromatic carbocycles. The number of hydrogen-bond donors (Lipinski definition) is 2. The van der Waals surface area contributed by atoms with E-state index >= 15 is 0 Å². The Balaban J connectivity index is 1.67. The van der Waals surface area contributed by atoms with Gasteiger partial charge in [0.15, 0.2) is 15.5 Å². The Bertz CT molecular complexity index is 1230. The van der Waals surface area contributed by atoms with Crippen LogP contribution in [0.3, 0.4) is 0 Å². The lowest BCUT2D eigenvalue weighted by atomic mass is 9.93. The fourth-order valence-electron chi connectivity index (χ4n) is 4.39. The maximum Gasteiger partial charge on any atom is 0.258 e. The Morgan fingerprint density at radius 1 is 1.18 bits per heavy atom. The molecule has 0 aliphatic heterocycles. The average Bonchev–Trinajstić information content (AvgIpc) is 3.26. The first-order valence-corrected chi connectivity index (χ1v) is 13.0. The van der Waals surface area contributed by atoms with Crippen molar-refractivity contribution in [2.45, 2.75) is 62.1 Å². The van der Waals surface area contributed by atoms with E-state index in [1.165, 1.54) is 6.42 Å². The van der Waals surface area contributed by atoms with Crippen molar-refractivity contribution in [1.82, 2.24) is 19.9 Å². The number of nitrogens with one attached hydrogen (secondary N) is 1. The van der Waals surface area contributed by atoms with Gasteiger partial charge in [0.05, 0.1) is 34.2 Å². The molecule has 1 fully saturated rings. The molecular weight excluding hydrogens is 440 g/mol. The summed E-state index contributed by atoms with van der Waals surface area (Å²) in [5.41, 5.74) is 2.67. The van der Waals surface area contributed by atoms with E-state index in [9.17, 15) is 18.3 Å². The topological polar surface area (TPSA) is 116 Å². The second-order valence-electron chi connectivity index (χ2n) is 8.79. The summed E-state index contributed by atoms with van der Waals surface area (Å²) in [7, 11) is -3.36. The molecule has 0 atom stereocenters. The van der Waals surface area contributed by atoms with Gasteiger partial charge in [-0.2, -0.15) is 0 Å². The van der Waals surface area contributed by atoms with Crippen LogP contribution in [-0.4, -0.2) is 63.7 Å². The zero-order valence-corrected chi connectivity index (χ0v) is 19.8. The molecule has 0 bridgehead atoms. The Kier molecular flexibility index (Phi) is 6.81. The number of amides is 1. The summed E-state index contributed by atoms with van der Waals surface area (Å²) in [6.07, 6.45) is 8.46. The number of aromatic amines is 1. The Morgan fingerprint density at radius 3 is 2.52 bits per heavy atom. The van der Waals surface area contributed by atoms with Crippen LogP contribution in [0.2, 0.25) is 0 Å². The van der Waals surface area contributed by atoms with E-state index < -0.39 is 15.1 Å². The smallest absolute Gasteiger partial charge is 0.258 e. The molecule has 3 aromatic rings. The van der Waals surface area contributed by atoms with E-state index in [1.807, 2.05) is 0 Å². The molecule has 0 unspecified atom stereocenters. The number of benzene rings is 1. The van der Waals surface area contributed by atoms with E-state index in [-0.39, 0.29) is 30.0 Å². The van der Waals surface area contributed by atoms with E-state index in [2.05, 4.69) is 15.0 Å². The molecule has 1 aliphatic rings. The number of aromatic nitrogens is 3. The predicted molar refractivity (Wildman–Crippen MR) is 127 cm³/mol. The number of H-pyrrole nitrogens is 1. The summed E-state index contributed by atoms with van der Waals surface area (Å²) < 4.78 is 24.8. The Morgan fingerprint density at radius 2 is 1.88 bits per heavy atom. The highest BCUT2D eigenvalue weighted by Crippen LogP contribution is 2.27. The van der Waals surface area contributed by atoms with Crippen LogP contribution in [0.15, 0.2) is 41.6 Å². The lowest BCUT2D eigenvalue weighted by molar-refractivity contribution is 0.0587. The molecule has 4 rings (SSSR count). The van der Waals surface area contributed by atoms with E-state index in [1.54, 1.807) is 55.4 Å². The van der Waals surface area contributed by atoms with Crippen LogP contribution in [0.25, 0.3) is 22.4 Å². The van der Waals surface area contributed by atoms with Gasteiger partial charge in [0, 0.05) is 24.3 Å². The molecule has 2 heterocycles. The number of hydrogen-bond acceptors (Lipinski definition) is 6. The van der Waals surface area contributed by atoms with Crippen LogP contribution in [0.1, 0.15) is 56.3 Å². The normalized spacial score (nSPS) is 15.3. The summed E-state index contributed by atoms with van der Waals surface area (Å²) in [6.45, 7) is 3.50. The molecule has 33 heavy (non-hydrogen) atoms. The summed E-state index contributed by atoms with van der Waals surface area (Å²) in [6, 6.07) is 6.69. The van der Waals surface area contributed by atoms with Gasteiger partial charge < -0.3 is 15.0 Å².